The van der Waals surface area contributed by atoms with E-state index in [9.17, 15) is 18.0 Å². The summed E-state index contributed by atoms with van der Waals surface area (Å²) in [6.45, 7) is 0. The average Bonchev–Trinajstić information content (AvgIpc) is 2.48. The molecule has 0 heterocycles. The summed E-state index contributed by atoms with van der Waals surface area (Å²) >= 11 is 0. The molecule has 0 amide bonds. The number of ether oxygens (including phenoxy) is 1. The zero-order chi connectivity index (χ0) is 15.5. The molecule has 1 unspecified atom stereocenters. The number of hydrogen-bond acceptors (Lipinski definition) is 2. The monoisotopic (exact) mass is 300 g/mol. The van der Waals surface area contributed by atoms with Gasteiger partial charge in [-0.15, -0.1) is 0 Å². The van der Waals surface area contributed by atoms with Gasteiger partial charge >= 0.3 is 6.18 Å². The summed E-state index contributed by atoms with van der Waals surface area (Å²) in [4.78, 5) is 12.5. The Hall–Kier alpha value is -1.36. The second-order valence-corrected chi connectivity index (χ2v) is 5.50. The standard InChI is InChI=1S/C16H19F3O2/c1-21-15(11-6-3-2-4-7-11)14(20)12-8-5-9-13(10-12)16(17,18)19/h5,8-11,15H,2-4,6-7H2,1H3. The third-order valence-electron chi connectivity index (χ3n) is 4.06. The molecule has 0 N–H and O–H groups in total. The zero-order valence-corrected chi connectivity index (χ0v) is 12.0. The Labute approximate surface area is 122 Å². The summed E-state index contributed by atoms with van der Waals surface area (Å²) in [5.74, 6) is -0.249. The second-order valence-electron chi connectivity index (χ2n) is 5.50. The molecule has 1 saturated carbocycles. The first-order valence-corrected chi connectivity index (χ1v) is 7.17. The van der Waals surface area contributed by atoms with Crippen molar-refractivity contribution in [2.24, 2.45) is 5.92 Å². The molecule has 0 saturated heterocycles. The van der Waals surface area contributed by atoms with Crippen LogP contribution >= 0.6 is 0 Å². The number of Topliss-reactive ketones (excluding diaryl/α,β-unsaturated/α-hetero) is 1. The van der Waals surface area contributed by atoms with Gasteiger partial charge in [-0.2, -0.15) is 13.2 Å². The van der Waals surface area contributed by atoms with Crippen molar-refractivity contribution in [2.45, 2.75) is 44.4 Å². The second kappa shape index (κ2) is 6.60. The Kier molecular flexibility index (Phi) is 5.04. The summed E-state index contributed by atoms with van der Waals surface area (Å²) in [5, 5.41) is 0. The fraction of sp³-hybridized carbons (Fsp3) is 0.562. The van der Waals surface area contributed by atoms with Crippen molar-refractivity contribution in [3.63, 3.8) is 0 Å². The van der Waals surface area contributed by atoms with Crippen LogP contribution in [-0.4, -0.2) is 19.0 Å². The van der Waals surface area contributed by atoms with Crippen LogP contribution in [0.2, 0.25) is 0 Å². The Bertz CT molecular complexity index is 491. The molecule has 0 bridgehead atoms. The summed E-state index contributed by atoms with van der Waals surface area (Å²) in [6.07, 6.45) is -0.0736. The van der Waals surface area contributed by atoms with Crippen LogP contribution in [0, 0.1) is 5.92 Å². The minimum absolute atomic E-state index is 0.0715. The first-order chi connectivity index (χ1) is 9.93. The number of carbonyl (C=O) groups is 1. The summed E-state index contributed by atoms with van der Waals surface area (Å²) in [6, 6.07) is 4.58. The van der Waals surface area contributed by atoms with E-state index < -0.39 is 17.8 Å². The van der Waals surface area contributed by atoms with E-state index in [1.165, 1.54) is 19.2 Å². The molecule has 0 spiro atoms. The molecule has 1 atom stereocenters. The van der Waals surface area contributed by atoms with Crippen molar-refractivity contribution < 1.29 is 22.7 Å². The number of methoxy groups -OCH3 is 1. The normalized spacial score (nSPS) is 18.5. The zero-order valence-electron chi connectivity index (χ0n) is 12.0. The largest absolute Gasteiger partial charge is 0.416 e. The lowest BCUT2D eigenvalue weighted by molar-refractivity contribution is -0.137. The van der Waals surface area contributed by atoms with Crippen molar-refractivity contribution in [1.29, 1.82) is 0 Å². The predicted octanol–water partition coefficient (Wildman–Crippen LogP) is 4.48. The first kappa shape index (κ1) is 16.0. The fourth-order valence-electron chi connectivity index (χ4n) is 2.96. The van der Waals surface area contributed by atoms with Crippen molar-refractivity contribution in [3.8, 4) is 0 Å². The van der Waals surface area contributed by atoms with Gasteiger partial charge in [0, 0.05) is 12.7 Å². The lowest BCUT2D eigenvalue weighted by atomic mass is 9.82. The van der Waals surface area contributed by atoms with Gasteiger partial charge in [-0.05, 0) is 30.9 Å². The molecule has 1 aromatic carbocycles. The van der Waals surface area contributed by atoms with Crippen LogP contribution in [0.15, 0.2) is 24.3 Å². The number of carbonyl (C=O) groups excluding carboxylic acids is 1. The molecule has 0 aromatic heterocycles. The number of hydrogen-bond donors (Lipinski definition) is 0. The van der Waals surface area contributed by atoms with E-state index in [0.717, 1.165) is 44.2 Å². The van der Waals surface area contributed by atoms with E-state index >= 15 is 0 Å². The van der Waals surface area contributed by atoms with Gasteiger partial charge < -0.3 is 4.74 Å². The van der Waals surface area contributed by atoms with E-state index in [2.05, 4.69) is 0 Å². The number of rotatable bonds is 4. The molecule has 1 aliphatic rings. The number of alkyl halides is 3. The van der Waals surface area contributed by atoms with Crippen LogP contribution in [0.1, 0.15) is 48.0 Å². The highest BCUT2D eigenvalue weighted by molar-refractivity contribution is 5.99. The number of halogens is 3. The van der Waals surface area contributed by atoms with Gasteiger partial charge in [0.15, 0.2) is 5.78 Å². The van der Waals surface area contributed by atoms with Gasteiger partial charge in [0.2, 0.25) is 0 Å². The Morgan fingerprint density at radius 1 is 1.24 bits per heavy atom. The van der Waals surface area contributed by atoms with Crippen LogP contribution in [0.5, 0.6) is 0 Å². The highest BCUT2D eigenvalue weighted by Crippen LogP contribution is 2.32. The molecule has 1 aliphatic carbocycles. The van der Waals surface area contributed by atoms with Crippen molar-refractivity contribution in [2.75, 3.05) is 7.11 Å². The summed E-state index contributed by atoms with van der Waals surface area (Å²) in [7, 11) is 1.45. The molecule has 1 fully saturated rings. The molecular weight excluding hydrogens is 281 g/mol. The van der Waals surface area contributed by atoms with Crippen molar-refractivity contribution in [3.05, 3.63) is 35.4 Å². The average molecular weight is 300 g/mol. The van der Waals surface area contributed by atoms with Crippen LogP contribution in [-0.2, 0) is 10.9 Å². The molecule has 0 aliphatic heterocycles. The molecule has 2 nitrogen and oxygen atoms in total. The first-order valence-electron chi connectivity index (χ1n) is 7.17. The SMILES string of the molecule is COC(C(=O)c1cccc(C(F)(F)F)c1)C1CCCCC1. The Balaban J connectivity index is 2.21. The highest BCUT2D eigenvalue weighted by Gasteiger charge is 2.33. The van der Waals surface area contributed by atoms with Gasteiger partial charge in [0.25, 0.3) is 0 Å². The highest BCUT2D eigenvalue weighted by atomic mass is 19.4. The molecule has 116 valence electrons. The van der Waals surface area contributed by atoms with Crippen molar-refractivity contribution in [1.82, 2.24) is 0 Å². The minimum atomic E-state index is -4.44. The maximum atomic E-state index is 12.7. The van der Waals surface area contributed by atoms with Crippen LogP contribution in [0.25, 0.3) is 0 Å². The van der Waals surface area contributed by atoms with Gasteiger partial charge in [-0.1, -0.05) is 31.4 Å². The molecule has 2 rings (SSSR count). The third kappa shape index (κ3) is 3.84. The number of benzene rings is 1. The van der Waals surface area contributed by atoms with Crippen LogP contribution in [0.3, 0.4) is 0 Å². The van der Waals surface area contributed by atoms with E-state index in [1.54, 1.807) is 0 Å². The maximum absolute atomic E-state index is 12.7. The molecule has 0 radical (unpaired) electrons. The van der Waals surface area contributed by atoms with Gasteiger partial charge in [0.1, 0.15) is 6.10 Å². The maximum Gasteiger partial charge on any atom is 0.416 e. The Morgan fingerprint density at radius 2 is 1.90 bits per heavy atom. The summed E-state index contributed by atoms with van der Waals surface area (Å²) < 4.78 is 43.5. The summed E-state index contributed by atoms with van der Waals surface area (Å²) in [5.41, 5.74) is -0.728. The van der Waals surface area contributed by atoms with E-state index in [0.29, 0.717) is 0 Å². The molecule has 21 heavy (non-hydrogen) atoms. The molecule has 5 heteroatoms. The van der Waals surface area contributed by atoms with Gasteiger partial charge in [-0.3, -0.25) is 4.79 Å². The van der Waals surface area contributed by atoms with Gasteiger partial charge in [-0.25, -0.2) is 0 Å². The van der Waals surface area contributed by atoms with E-state index in [4.69, 9.17) is 4.74 Å². The van der Waals surface area contributed by atoms with Crippen LogP contribution in [0.4, 0.5) is 13.2 Å². The topological polar surface area (TPSA) is 26.3 Å². The van der Waals surface area contributed by atoms with Gasteiger partial charge in [0.05, 0.1) is 5.56 Å². The molecule has 1 aromatic rings. The lowest BCUT2D eigenvalue weighted by Gasteiger charge is -2.28. The van der Waals surface area contributed by atoms with Crippen molar-refractivity contribution >= 4 is 5.78 Å². The predicted molar refractivity (Wildman–Crippen MR) is 73.1 cm³/mol. The third-order valence-corrected chi connectivity index (χ3v) is 4.06. The van der Waals surface area contributed by atoms with Crippen LogP contribution < -0.4 is 0 Å². The smallest absolute Gasteiger partial charge is 0.373 e. The fourth-order valence-corrected chi connectivity index (χ4v) is 2.96. The van der Waals surface area contributed by atoms with E-state index in [1.807, 2.05) is 0 Å². The number of ketones is 1. The lowest BCUT2D eigenvalue weighted by Crippen LogP contribution is -2.33. The quantitative estimate of drug-likeness (QED) is 0.766. The molecular formula is C16H19F3O2. The van der Waals surface area contributed by atoms with E-state index in [-0.39, 0.29) is 17.3 Å². The Morgan fingerprint density at radius 3 is 2.48 bits per heavy atom. The minimum Gasteiger partial charge on any atom is -0.373 e.